The maximum Gasteiger partial charge on any atom is 0.306 e. The van der Waals surface area contributed by atoms with Crippen LogP contribution in [0.5, 0.6) is 0 Å². The molecule has 0 rings (SSSR count). The van der Waals surface area contributed by atoms with E-state index in [1.54, 1.807) is 20.8 Å². The number of hydrogen-bond donors (Lipinski definition) is 0. The Balaban J connectivity index is 3.88. The van der Waals surface area contributed by atoms with Gasteiger partial charge in [0.2, 0.25) is 0 Å². The van der Waals surface area contributed by atoms with Crippen LogP contribution in [0, 0.1) is 0 Å². The molecule has 3 heteroatoms. The molecule has 0 fully saturated rings. The SMILES string of the molecule is CCC(=O)OC(C)(C)C=O. The number of esters is 1. The van der Waals surface area contributed by atoms with E-state index in [-0.39, 0.29) is 5.97 Å². The van der Waals surface area contributed by atoms with Crippen LogP contribution in [0.15, 0.2) is 0 Å². The molecule has 0 aliphatic carbocycles. The highest BCUT2D eigenvalue weighted by Gasteiger charge is 2.20. The van der Waals surface area contributed by atoms with Crippen LogP contribution in [0.25, 0.3) is 0 Å². The summed E-state index contributed by atoms with van der Waals surface area (Å²) in [5.41, 5.74) is -0.965. The molecule has 0 amide bonds. The second kappa shape index (κ2) is 3.34. The van der Waals surface area contributed by atoms with Crippen LogP contribution in [0.2, 0.25) is 0 Å². The van der Waals surface area contributed by atoms with Crippen LogP contribution in [0.3, 0.4) is 0 Å². The maximum absolute atomic E-state index is 10.6. The summed E-state index contributed by atoms with van der Waals surface area (Å²) in [7, 11) is 0. The molecule has 0 radical (unpaired) electrons. The van der Waals surface area contributed by atoms with Gasteiger partial charge < -0.3 is 4.74 Å². The zero-order valence-corrected chi connectivity index (χ0v) is 6.51. The minimum atomic E-state index is -0.965. The lowest BCUT2D eigenvalue weighted by molar-refractivity contribution is -0.159. The first-order chi connectivity index (χ1) is 4.52. The van der Waals surface area contributed by atoms with Crippen LogP contribution in [-0.2, 0) is 14.3 Å². The quantitative estimate of drug-likeness (QED) is 0.437. The summed E-state index contributed by atoms with van der Waals surface area (Å²) in [5.74, 6) is -0.350. The highest BCUT2D eigenvalue weighted by molar-refractivity contribution is 5.73. The standard InChI is InChI=1S/C7H12O3/c1-4-6(9)10-7(2,3)5-8/h5H,4H2,1-3H3. The van der Waals surface area contributed by atoms with Crippen LogP contribution in [-0.4, -0.2) is 17.9 Å². The highest BCUT2D eigenvalue weighted by Crippen LogP contribution is 2.05. The molecular weight excluding hydrogens is 132 g/mol. The average molecular weight is 144 g/mol. The topological polar surface area (TPSA) is 43.4 Å². The molecule has 0 spiro atoms. The zero-order chi connectivity index (χ0) is 8.20. The van der Waals surface area contributed by atoms with Gasteiger partial charge in [0.15, 0.2) is 11.9 Å². The zero-order valence-electron chi connectivity index (χ0n) is 6.51. The van der Waals surface area contributed by atoms with Crippen molar-refractivity contribution in [2.24, 2.45) is 0 Å². The van der Waals surface area contributed by atoms with Crippen molar-refractivity contribution in [2.45, 2.75) is 32.8 Å². The Labute approximate surface area is 60.4 Å². The molecule has 0 aliphatic heterocycles. The van der Waals surface area contributed by atoms with Crippen molar-refractivity contribution in [1.82, 2.24) is 0 Å². The summed E-state index contributed by atoms with van der Waals surface area (Å²) in [4.78, 5) is 20.8. The molecule has 0 aromatic rings. The lowest BCUT2D eigenvalue weighted by Gasteiger charge is -2.16. The van der Waals surface area contributed by atoms with Gasteiger partial charge in [-0.25, -0.2) is 0 Å². The second-order valence-electron chi connectivity index (χ2n) is 2.55. The Morgan fingerprint density at radius 3 is 2.40 bits per heavy atom. The van der Waals surface area contributed by atoms with Crippen molar-refractivity contribution >= 4 is 12.3 Å². The lowest BCUT2D eigenvalue weighted by atomic mass is 10.2. The number of rotatable bonds is 3. The number of carbonyl (C=O) groups is 2. The molecule has 58 valence electrons. The van der Waals surface area contributed by atoms with E-state index in [4.69, 9.17) is 4.74 Å². The molecule has 0 atom stereocenters. The minimum Gasteiger partial charge on any atom is -0.452 e. The molecule has 0 heterocycles. The molecule has 0 aromatic carbocycles. The van der Waals surface area contributed by atoms with Crippen LogP contribution >= 0.6 is 0 Å². The minimum absolute atomic E-state index is 0.303. The summed E-state index contributed by atoms with van der Waals surface area (Å²) in [6.45, 7) is 4.78. The molecule has 0 unspecified atom stereocenters. The third-order valence-corrected chi connectivity index (χ3v) is 0.949. The molecule has 0 aromatic heterocycles. The summed E-state index contributed by atoms with van der Waals surface area (Å²) < 4.78 is 4.73. The second-order valence-corrected chi connectivity index (χ2v) is 2.55. The van der Waals surface area contributed by atoms with E-state index in [0.29, 0.717) is 12.7 Å². The molecule has 3 nitrogen and oxygen atoms in total. The van der Waals surface area contributed by atoms with Gasteiger partial charge in [0.25, 0.3) is 0 Å². The van der Waals surface area contributed by atoms with Gasteiger partial charge in [-0.15, -0.1) is 0 Å². The van der Waals surface area contributed by atoms with Crippen molar-refractivity contribution in [3.05, 3.63) is 0 Å². The Morgan fingerprint density at radius 2 is 2.10 bits per heavy atom. The molecule has 0 saturated heterocycles. The largest absolute Gasteiger partial charge is 0.452 e. The van der Waals surface area contributed by atoms with Gasteiger partial charge in [-0.3, -0.25) is 9.59 Å². The smallest absolute Gasteiger partial charge is 0.306 e. The summed E-state index contributed by atoms with van der Waals surface area (Å²) in [6, 6.07) is 0. The van der Waals surface area contributed by atoms with Gasteiger partial charge >= 0.3 is 5.97 Å². The van der Waals surface area contributed by atoms with Crippen molar-refractivity contribution in [3.8, 4) is 0 Å². The van der Waals surface area contributed by atoms with E-state index < -0.39 is 5.60 Å². The lowest BCUT2D eigenvalue weighted by Crippen LogP contribution is -2.29. The maximum atomic E-state index is 10.6. The van der Waals surface area contributed by atoms with E-state index in [9.17, 15) is 9.59 Å². The normalized spacial score (nSPS) is 10.7. The van der Waals surface area contributed by atoms with Crippen molar-refractivity contribution in [2.75, 3.05) is 0 Å². The molecule has 0 bridgehead atoms. The van der Waals surface area contributed by atoms with Crippen LogP contribution in [0.1, 0.15) is 27.2 Å². The van der Waals surface area contributed by atoms with Crippen LogP contribution < -0.4 is 0 Å². The van der Waals surface area contributed by atoms with Crippen molar-refractivity contribution in [3.63, 3.8) is 0 Å². The number of hydrogen-bond acceptors (Lipinski definition) is 3. The van der Waals surface area contributed by atoms with Gasteiger partial charge in [0.1, 0.15) is 0 Å². The van der Waals surface area contributed by atoms with E-state index in [2.05, 4.69) is 0 Å². The first-order valence-corrected chi connectivity index (χ1v) is 3.20. The highest BCUT2D eigenvalue weighted by atomic mass is 16.6. The summed E-state index contributed by atoms with van der Waals surface area (Å²) in [6.07, 6.45) is 0.915. The molecule has 10 heavy (non-hydrogen) atoms. The molecule has 0 N–H and O–H groups in total. The van der Waals surface area contributed by atoms with Crippen molar-refractivity contribution < 1.29 is 14.3 Å². The Morgan fingerprint density at radius 1 is 1.60 bits per heavy atom. The van der Waals surface area contributed by atoms with Gasteiger partial charge in [-0.05, 0) is 13.8 Å². The molecule has 0 aliphatic rings. The van der Waals surface area contributed by atoms with E-state index in [1.165, 1.54) is 0 Å². The van der Waals surface area contributed by atoms with Gasteiger partial charge in [0, 0.05) is 6.42 Å². The van der Waals surface area contributed by atoms with Gasteiger partial charge in [-0.1, -0.05) is 6.92 Å². The third kappa shape index (κ3) is 3.22. The predicted molar refractivity (Wildman–Crippen MR) is 36.5 cm³/mol. The predicted octanol–water partition coefficient (Wildman–Crippen LogP) is 0.917. The Kier molecular flexibility index (Phi) is 3.06. The first-order valence-electron chi connectivity index (χ1n) is 3.20. The van der Waals surface area contributed by atoms with Gasteiger partial charge in [-0.2, -0.15) is 0 Å². The fourth-order valence-corrected chi connectivity index (χ4v) is 0.390. The number of carbonyl (C=O) groups excluding carboxylic acids is 2. The first kappa shape index (κ1) is 9.14. The monoisotopic (exact) mass is 144 g/mol. The third-order valence-electron chi connectivity index (χ3n) is 0.949. The van der Waals surface area contributed by atoms with E-state index >= 15 is 0 Å². The summed E-state index contributed by atoms with van der Waals surface area (Å²) in [5, 5.41) is 0. The van der Waals surface area contributed by atoms with E-state index in [0.717, 1.165) is 0 Å². The number of ether oxygens (including phenoxy) is 1. The fourth-order valence-electron chi connectivity index (χ4n) is 0.390. The number of aldehydes is 1. The van der Waals surface area contributed by atoms with Gasteiger partial charge in [0.05, 0.1) is 0 Å². The average Bonchev–Trinajstić information content (AvgIpc) is 1.87. The molecule has 0 saturated carbocycles. The summed E-state index contributed by atoms with van der Waals surface area (Å²) >= 11 is 0. The Hall–Kier alpha value is -0.860. The van der Waals surface area contributed by atoms with E-state index in [1.807, 2.05) is 0 Å². The molecular formula is C7H12O3. The van der Waals surface area contributed by atoms with Crippen molar-refractivity contribution in [1.29, 1.82) is 0 Å². The fraction of sp³-hybridized carbons (Fsp3) is 0.714. The Bertz CT molecular complexity index is 138. The van der Waals surface area contributed by atoms with Crippen LogP contribution in [0.4, 0.5) is 0 Å².